The topological polar surface area (TPSA) is 53.1 Å². The summed E-state index contributed by atoms with van der Waals surface area (Å²) < 4.78 is 34.0. The van der Waals surface area contributed by atoms with Crippen LogP contribution in [0.4, 0.5) is 0 Å². The minimum Gasteiger partial charge on any atom is -0.379 e. The molecule has 1 aliphatic carbocycles. The predicted octanol–water partition coefficient (Wildman–Crippen LogP) is 1.07. The SMILES string of the molecule is O=S(=O)(N1CCOCC1)N1CCCN(CC2=CCCCC2)CC1. The van der Waals surface area contributed by atoms with Gasteiger partial charge in [0.25, 0.3) is 10.2 Å². The second-order valence-electron chi connectivity index (χ2n) is 6.66. The molecule has 0 atom stereocenters. The Bertz CT molecular complexity index is 515. The Balaban J connectivity index is 1.56. The zero-order valence-electron chi connectivity index (χ0n) is 14.0. The Morgan fingerprint density at radius 2 is 1.70 bits per heavy atom. The highest BCUT2D eigenvalue weighted by Gasteiger charge is 2.32. The average Bonchev–Trinajstić information content (AvgIpc) is 2.83. The Hall–Kier alpha value is -0.470. The molecule has 2 aliphatic heterocycles. The maximum Gasteiger partial charge on any atom is 0.282 e. The molecule has 0 N–H and O–H groups in total. The number of allylic oxidation sites excluding steroid dienone is 1. The molecule has 0 radical (unpaired) electrons. The van der Waals surface area contributed by atoms with E-state index < -0.39 is 10.2 Å². The molecule has 2 heterocycles. The first-order valence-electron chi connectivity index (χ1n) is 8.89. The lowest BCUT2D eigenvalue weighted by molar-refractivity contribution is 0.0702. The maximum atomic E-state index is 12.8. The monoisotopic (exact) mass is 343 g/mol. The smallest absolute Gasteiger partial charge is 0.282 e. The third kappa shape index (κ3) is 4.54. The van der Waals surface area contributed by atoms with E-state index in [9.17, 15) is 8.42 Å². The molecule has 132 valence electrons. The summed E-state index contributed by atoms with van der Waals surface area (Å²) in [6.45, 7) is 6.06. The van der Waals surface area contributed by atoms with Crippen LogP contribution in [-0.4, -0.2) is 81.0 Å². The van der Waals surface area contributed by atoms with Gasteiger partial charge in [-0.2, -0.15) is 17.0 Å². The summed E-state index contributed by atoms with van der Waals surface area (Å²) in [7, 11) is -3.32. The van der Waals surface area contributed by atoms with Crippen molar-refractivity contribution in [3.63, 3.8) is 0 Å². The van der Waals surface area contributed by atoms with Crippen LogP contribution < -0.4 is 0 Å². The van der Waals surface area contributed by atoms with Gasteiger partial charge < -0.3 is 4.74 Å². The van der Waals surface area contributed by atoms with E-state index in [-0.39, 0.29) is 0 Å². The van der Waals surface area contributed by atoms with Gasteiger partial charge in [0.15, 0.2) is 0 Å². The number of ether oxygens (including phenoxy) is 1. The van der Waals surface area contributed by atoms with Crippen molar-refractivity contribution in [1.82, 2.24) is 13.5 Å². The van der Waals surface area contributed by atoms with Gasteiger partial charge in [0.1, 0.15) is 0 Å². The molecule has 7 heteroatoms. The number of hydrogen-bond acceptors (Lipinski definition) is 4. The van der Waals surface area contributed by atoms with Gasteiger partial charge in [-0.1, -0.05) is 11.6 Å². The molecule has 0 aromatic carbocycles. The van der Waals surface area contributed by atoms with Gasteiger partial charge in [0, 0.05) is 39.3 Å². The van der Waals surface area contributed by atoms with E-state index in [4.69, 9.17) is 4.74 Å². The van der Waals surface area contributed by atoms with Crippen molar-refractivity contribution < 1.29 is 13.2 Å². The maximum absolute atomic E-state index is 12.8. The van der Waals surface area contributed by atoms with E-state index in [0.717, 1.165) is 26.1 Å². The fourth-order valence-corrected chi connectivity index (χ4v) is 5.22. The molecule has 0 bridgehead atoms. The summed E-state index contributed by atoms with van der Waals surface area (Å²) in [5, 5.41) is 0. The van der Waals surface area contributed by atoms with Crippen LogP contribution in [0.25, 0.3) is 0 Å². The summed E-state index contributed by atoms with van der Waals surface area (Å²) in [5.74, 6) is 0. The van der Waals surface area contributed by atoms with Crippen LogP contribution in [0.3, 0.4) is 0 Å². The van der Waals surface area contributed by atoms with Crippen LogP contribution in [0.15, 0.2) is 11.6 Å². The molecule has 3 aliphatic rings. The third-order valence-corrected chi connectivity index (χ3v) is 7.02. The van der Waals surface area contributed by atoms with Crippen molar-refractivity contribution >= 4 is 10.2 Å². The van der Waals surface area contributed by atoms with Crippen molar-refractivity contribution in [2.24, 2.45) is 0 Å². The molecule has 0 saturated carbocycles. The molecular weight excluding hydrogens is 314 g/mol. The van der Waals surface area contributed by atoms with Crippen LogP contribution in [0.2, 0.25) is 0 Å². The standard InChI is InChI=1S/C16H29N3O3S/c20-23(21,19-11-13-22-14-12-19)18-8-4-7-17(9-10-18)15-16-5-2-1-3-6-16/h5H,1-4,6-15H2. The van der Waals surface area contributed by atoms with E-state index in [1.165, 1.54) is 25.7 Å². The van der Waals surface area contributed by atoms with Crippen molar-refractivity contribution in [1.29, 1.82) is 0 Å². The molecule has 0 aromatic rings. The van der Waals surface area contributed by atoms with Crippen LogP contribution in [0.5, 0.6) is 0 Å². The van der Waals surface area contributed by atoms with Crippen molar-refractivity contribution in [3.05, 3.63) is 11.6 Å². The van der Waals surface area contributed by atoms with Gasteiger partial charge in [0.05, 0.1) is 13.2 Å². The molecule has 3 rings (SSSR count). The largest absolute Gasteiger partial charge is 0.379 e. The minimum atomic E-state index is -3.32. The van der Waals surface area contributed by atoms with Crippen LogP contribution in [-0.2, 0) is 14.9 Å². The molecule has 2 saturated heterocycles. The number of rotatable bonds is 4. The zero-order chi connectivity index (χ0) is 16.1. The average molecular weight is 343 g/mol. The molecule has 0 unspecified atom stereocenters. The normalized spacial score (nSPS) is 26.7. The Morgan fingerprint density at radius 1 is 0.913 bits per heavy atom. The first-order chi connectivity index (χ1) is 11.2. The Kier molecular flexibility index (Phi) is 6.09. The highest BCUT2D eigenvalue weighted by Crippen LogP contribution is 2.20. The van der Waals surface area contributed by atoms with Crippen LogP contribution >= 0.6 is 0 Å². The summed E-state index contributed by atoms with van der Waals surface area (Å²) in [6, 6.07) is 0. The second-order valence-corrected chi connectivity index (χ2v) is 8.58. The molecule has 2 fully saturated rings. The van der Waals surface area contributed by atoms with Crippen molar-refractivity contribution in [2.45, 2.75) is 32.1 Å². The second kappa shape index (κ2) is 8.07. The third-order valence-electron chi connectivity index (χ3n) is 4.98. The molecule has 0 amide bonds. The Labute approximate surface area is 140 Å². The highest BCUT2D eigenvalue weighted by atomic mass is 32.2. The van der Waals surface area contributed by atoms with Gasteiger partial charge in [-0.3, -0.25) is 4.90 Å². The number of hydrogen-bond donors (Lipinski definition) is 0. The minimum absolute atomic E-state index is 0.482. The van der Waals surface area contributed by atoms with Gasteiger partial charge in [-0.05, 0) is 38.6 Å². The summed E-state index contributed by atoms with van der Waals surface area (Å²) in [6.07, 6.45) is 8.34. The zero-order valence-corrected chi connectivity index (χ0v) is 14.8. The lowest BCUT2D eigenvalue weighted by Gasteiger charge is -2.31. The summed E-state index contributed by atoms with van der Waals surface area (Å²) in [5.41, 5.74) is 1.54. The number of nitrogens with zero attached hydrogens (tertiary/aromatic N) is 3. The quantitative estimate of drug-likeness (QED) is 0.717. The lowest BCUT2D eigenvalue weighted by atomic mass is 9.99. The van der Waals surface area contributed by atoms with Gasteiger partial charge in [-0.25, -0.2) is 0 Å². The fraction of sp³-hybridized carbons (Fsp3) is 0.875. The molecule has 6 nitrogen and oxygen atoms in total. The fourth-order valence-electron chi connectivity index (χ4n) is 3.61. The first kappa shape index (κ1) is 17.4. The van der Waals surface area contributed by atoms with Gasteiger partial charge in [0.2, 0.25) is 0 Å². The Morgan fingerprint density at radius 3 is 2.43 bits per heavy atom. The van der Waals surface area contributed by atoms with E-state index in [2.05, 4.69) is 11.0 Å². The molecule has 0 spiro atoms. The lowest BCUT2D eigenvalue weighted by Crippen LogP contribution is -2.49. The van der Waals surface area contributed by atoms with E-state index >= 15 is 0 Å². The number of morpholine rings is 1. The van der Waals surface area contributed by atoms with Crippen LogP contribution in [0.1, 0.15) is 32.1 Å². The van der Waals surface area contributed by atoms with Gasteiger partial charge in [-0.15, -0.1) is 0 Å². The van der Waals surface area contributed by atoms with Crippen molar-refractivity contribution in [3.8, 4) is 0 Å². The molecule has 0 aromatic heterocycles. The van der Waals surface area contributed by atoms with E-state index in [1.54, 1.807) is 14.2 Å². The predicted molar refractivity (Wildman–Crippen MR) is 90.5 cm³/mol. The van der Waals surface area contributed by atoms with E-state index in [1.807, 2.05) is 0 Å². The first-order valence-corrected chi connectivity index (χ1v) is 10.3. The highest BCUT2D eigenvalue weighted by molar-refractivity contribution is 7.86. The van der Waals surface area contributed by atoms with Crippen molar-refractivity contribution in [2.75, 3.05) is 59.0 Å². The summed E-state index contributed by atoms with van der Waals surface area (Å²) in [4.78, 5) is 2.42. The molecular formula is C16H29N3O3S. The van der Waals surface area contributed by atoms with Crippen LogP contribution in [0, 0.1) is 0 Å². The summed E-state index contributed by atoms with van der Waals surface area (Å²) >= 11 is 0. The van der Waals surface area contributed by atoms with E-state index in [0.29, 0.717) is 39.4 Å². The molecule has 23 heavy (non-hydrogen) atoms. The van der Waals surface area contributed by atoms with Gasteiger partial charge >= 0.3 is 0 Å².